The van der Waals surface area contributed by atoms with Gasteiger partial charge in [0.2, 0.25) is 11.8 Å². The lowest BCUT2D eigenvalue weighted by Gasteiger charge is -2.19. The summed E-state index contributed by atoms with van der Waals surface area (Å²) in [6, 6.07) is 5.40. The number of nitrogens with zero attached hydrogens (tertiary/aromatic N) is 4. The third-order valence-electron chi connectivity index (χ3n) is 4.83. The highest BCUT2D eigenvalue weighted by atomic mass is 16.5. The van der Waals surface area contributed by atoms with Crippen LogP contribution in [0.3, 0.4) is 0 Å². The maximum Gasteiger partial charge on any atom is 0.257 e. The van der Waals surface area contributed by atoms with E-state index < -0.39 is 0 Å². The number of rotatable bonds is 6. The van der Waals surface area contributed by atoms with Crippen LogP contribution in [0.5, 0.6) is 17.5 Å². The van der Waals surface area contributed by atoms with E-state index in [1.807, 2.05) is 13.0 Å². The maximum atomic E-state index is 11.5. The minimum atomic E-state index is -0.182. The first-order chi connectivity index (χ1) is 13.6. The van der Waals surface area contributed by atoms with Crippen molar-refractivity contribution >= 4 is 11.4 Å². The van der Waals surface area contributed by atoms with Crippen LogP contribution in [-0.2, 0) is 4.79 Å². The molecule has 1 fully saturated rings. The van der Waals surface area contributed by atoms with Crippen LogP contribution in [0, 0.1) is 5.92 Å². The van der Waals surface area contributed by atoms with Gasteiger partial charge in [0, 0.05) is 18.9 Å². The molecule has 9 heteroatoms. The normalized spacial score (nSPS) is 17.4. The van der Waals surface area contributed by atoms with Crippen molar-refractivity contribution in [3.8, 4) is 28.9 Å². The first kappa shape index (κ1) is 18.0. The predicted octanol–water partition coefficient (Wildman–Crippen LogP) is 1.71. The van der Waals surface area contributed by atoms with Gasteiger partial charge in [0.15, 0.2) is 5.75 Å². The van der Waals surface area contributed by atoms with E-state index in [1.54, 1.807) is 36.2 Å². The zero-order valence-corrected chi connectivity index (χ0v) is 15.9. The fourth-order valence-electron chi connectivity index (χ4n) is 3.21. The van der Waals surface area contributed by atoms with Gasteiger partial charge < -0.3 is 19.5 Å². The Morgan fingerprint density at radius 2 is 1.96 bits per heavy atom. The Bertz CT molecular complexity index is 1020. The van der Waals surface area contributed by atoms with Gasteiger partial charge in [0.25, 0.3) is 5.88 Å². The first-order valence-corrected chi connectivity index (χ1v) is 8.96. The number of hydrogen-bond donors (Lipinski definition) is 1. The van der Waals surface area contributed by atoms with Crippen molar-refractivity contribution in [2.75, 3.05) is 20.8 Å². The molecule has 4 rings (SSSR count). The zero-order chi connectivity index (χ0) is 19.7. The van der Waals surface area contributed by atoms with E-state index in [-0.39, 0.29) is 17.9 Å². The van der Waals surface area contributed by atoms with Gasteiger partial charge in [-0.05, 0) is 25.1 Å². The Labute approximate surface area is 161 Å². The van der Waals surface area contributed by atoms with Gasteiger partial charge in [-0.15, -0.1) is 0 Å². The number of aromatic nitrogens is 4. The number of ether oxygens (including phenoxy) is 3. The summed E-state index contributed by atoms with van der Waals surface area (Å²) in [6.07, 6.45) is 3.73. The van der Waals surface area contributed by atoms with Gasteiger partial charge in [-0.25, -0.2) is 14.5 Å². The Kier molecular flexibility index (Phi) is 4.72. The Morgan fingerprint density at radius 1 is 1.14 bits per heavy atom. The molecule has 1 aliphatic heterocycles. The van der Waals surface area contributed by atoms with E-state index in [0.717, 1.165) is 5.52 Å². The number of fused-ring (bicyclic) bond motifs is 1. The summed E-state index contributed by atoms with van der Waals surface area (Å²) in [5.41, 5.74) is 1.93. The molecule has 9 nitrogen and oxygen atoms in total. The van der Waals surface area contributed by atoms with E-state index in [0.29, 0.717) is 41.9 Å². The van der Waals surface area contributed by atoms with E-state index in [9.17, 15) is 4.79 Å². The van der Waals surface area contributed by atoms with Gasteiger partial charge >= 0.3 is 0 Å². The largest absolute Gasteiger partial charge is 0.491 e. The topological polar surface area (TPSA) is 99.9 Å². The average molecular weight is 383 g/mol. The lowest BCUT2D eigenvalue weighted by molar-refractivity contribution is -0.119. The third kappa shape index (κ3) is 3.30. The van der Waals surface area contributed by atoms with Crippen LogP contribution in [0.4, 0.5) is 0 Å². The molecule has 4 heterocycles. The number of pyridine rings is 1. The molecule has 2 atom stereocenters. The fourth-order valence-corrected chi connectivity index (χ4v) is 3.21. The van der Waals surface area contributed by atoms with Crippen molar-refractivity contribution in [1.29, 1.82) is 0 Å². The number of methoxy groups -OCH3 is 2. The third-order valence-corrected chi connectivity index (χ3v) is 4.83. The summed E-state index contributed by atoms with van der Waals surface area (Å²) in [6.45, 7) is 2.55. The van der Waals surface area contributed by atoms with E-state index in [1.165, 1.54) is 7.11 Å². The van der Waals surface area contributed by atoms with Crippen molar-refractivity contribution in [3.05, 3.63) is 30.6 Å². The number of amides is 1. The summed E-state index contributed by atoms with van der Waals surface area (Å²) in [5.74, 6) is 1.49. The quantitative estimate of drug-likeness (QED) is 0.692. The van der Waals surface area contributed by atoms with Gasteiger partial charge in [0.1, 0.15) is 17.3 Å². The second-order valence-electron chi connectivity index (χ2n) is 6.59. The Balaban J connectivity index is 1.70. The molecule has 3 aromatic rings. The van der Waals surface area contributed by atoms with E-state index in [2.05, 4.69) is 20.4 Å². The summed E-state index contributed by atoms with van der Waals surface area (Å²) in [7, 11) is 3.09. The van der Waals surface area contributed by atoms with Gasteiger partial charge in [0.05, 0.1) is 32.3 Å². The van der Waals surface area contributed by atoms with Crippen LogP contribution in [0.25, 0.3) is 16.9 Å². The smallest absolute Gasteiger partial charge is 0.257 e. The molecule has 0 saturated carbocycles. The molecule has 0 bridgehead atoms. The number of carbonyl (C=O) groups excluding carboxylic acids is 1. The molecule has 0 aromatic carbocycles. The molecule has 1 saturated heterocycles. The van der Waals surface area contributed by atoms with Crippen LogP contribution >= 0.6 is 0 Å². The molecule has 3 aromatic heterocycles. The second-order valence-corrected chi connectivity index (χ2v) is 6.59. The number of carbonyl (C=O) groups is 1. The fraction of sp³-hybridized carbons (Fsp3) is 0.368. The minimum absolute atomic E-state index is 0.0474. The minimum Gasteiger partial charge on any atom is -0.491 e. The van der Waals surface area contributed by atoms with Crippen molar-refractivity contribution < 1.29 is 19.0 Å². The van der Waals surface area contributed by atoms with E-state index in [4.69, 9.17) is 14.2 Å². The van der Waals surface area contributed by atoms with Crippen LogP contribution in [-0.4, -0.2) is 52.4 Å². The molecule has 1 N–H and O–H groups in total. The highest BCUT2D eigenvalue weighted by molar-refractivity contribution is 5.78. The lowest BCUT2D eigenvalue weighted by atomic mass is 10.0. The standard InChI is InChI=1S/C19H21N5O4/c1-11(12-8-17(25)20-9-12)28-18-15-6-7-21-24(15)10-14(23-18)13-4-5-16(26-2)19(22-13)27-3/h4-7,10-12H,8-9H2,1-3H3,(H,20,25)/t11-,12-/m1/s1. The lowest BCUT2D eigenvalue weighted by Crippen LogP contribution is -2.26. The molecule has 0 unspecified atom stereocenters. The van der Waals surface area contributed by atoms with Crippen molar-refractivity contribution in [3.63, 3.8) is 0 Å². The molecular weight excluding hydrogens is 362 g/mol. The first-order valence-electron chi connectivity index (χ1n) is 8.96. The molecule has 0 spiro atoms. The average Bonchev–Trinajstić information content (AvgIpc) is 3.36. The maximum absolute atomic E-state index is 11.5. The van der Waals surface area contributed by atoms with Crippen LogP contribution in [0.2, 0.25) is 0 Å². The van der Waals surface area contributed by atoms with Crippen molar-refractivity contribution in [2.24, 2.45) is 5.92 Å². The summed E-state index contributed by atoms with van der Waals surface area (Å²) < 4.78 is 18.4. The Hall–Kier alpha value is -3.36. The van der Waals surface area contributed by atoms with Gasteiger partial charge in [-0.3, -0.25) is 4.79 Å². The molecule has 0 radical (unpaired) electrons. The molecule has 1 aliphatic rings. The Morgan fingerprint density at radius 3 is 2.68 bits per heavy atom. The SMILES string of the molecule is COc1ccc(-c2cn3nccc3c(O[C@H](C)[C@H]3CNC(=O)C3)n2)nc1OC. The molecule has 1 amide bonds. The molecule has 0 aliphatic carbocycles. The predicted molar refractivity (Wildman–Crippen MR) is 101 cm³/mol. The van der Waals surface area contributed by atoms with Gasteiger partial charge in [-0.2, -0.15) is 5.10 Å². The van der Waals surface area contributed by atoms with Gasteiger partial charge in [-0.1, -0.05) is 0 Å². The van der Waals surface area contributed by atoms with Crippen LogP contribution < -0.4 is 19.5 Å². The second kappa shape index (κ2) is 7.34. The molecule has 28 heavy (non-hydrogen) atoms. The van der Waals surface area contributed by atoms with Crippen LogP contribution in [0.1, 0.15) is 13.3 Å². The van der Waals surface area contributed by atoms with Crippen LogP contribution in [0.15, 0.2) is 30.6 Å². The summed E-state index contributed by atoms with van der Waals surface area (Å²) in [4.78, 5) is 20.6. The zero-order valence-electron chi connectivity index (χ0n) is 15.9. The summed E-state index contributed by atoms with van der Waals surface area (Å²) in [5, 5.41) is 7.14. The van der Waals surface area contributed by atoms with E-state index >= 15 is 0 Å². The van der Waals surface area contributed by atoms with Crippen molar-refractivity contribution in [1.82, 2.24) is 24.9 Å². The van der Waals surface area contributed by atoms with Crippen molar-refractivity contribution in [2.45, 2.75) is 19.4 Å². The molecular formula is C19H21N5O4. The molecule has 146 valence electrons. The number of hydrogen-bond acceptors (Lipinski definition) is 7. The monoisotopic (exact) mass is 383 g/mol. The number of nitrogens with one attached hydrogen (secondary N) is 1. The summed E-state index contributed by atoms with van der Waals surface area (Å²) >= 11 is 0. The highest BCUT2D eigenvalue weighted by Crippen LogP contribution is 2.30. The highest BCUT2D eigenvalue weighted by Gasteiger charge is 2.29.